The van der Waals surface area contributed by atoms with Gasteiger partial charge in [0.15, 0.2) is 0 Å². The largest absolute Gasteiger partial charge is 0.496 e. The minimum absolute atomic E-state index is 0.0218. The molecule has 3 atom stereocenters. The molecular weight excluding hydrogens is 407 g/mol. The highest BCUT2D eigenvalue weighted by atomic mass is 19.4. The molecule has 0 radical (unpaired) electrons. The van der Waals surface area contributed by atoms with E-state index in [0.717, 1.165) is 28.0 Å². The Balaban J connectivity index is 1.66. The van der Waals surface area contributed by atoms with E-state index in [-0.39, 0.29) is 29.3 Å². The smallest absolute Gasteiger partial charge is 0.433 e. The van der Waals surface area contributed by atoms with Gasteiger partial charge in [0.1, 0.15) is 18.0 Å². The van der Waals surface area contributed by atoms with Gasteiger partial charge in [0, 0.05) is 18.0 Å². The number of hydrogen-bond acceptors (Lipinski definition) is 3. The third-order valence-electron chi connectivity index (χ3n) is 6.81. The number of hydrogen-bond donors (Lipinski definition) is 0. The summed E-state index contributed by atoms with van der Waals surface area (Å²) in [5, 5.41) is 4.24. The lowest BCUT2D eigenvalue weighted by Crippen LogP contribution is -2.36. The lowest BCUT2D eigenvalue weighted by Gasteiger charge is -2.29. The van der Waals surface area contributed by atoms with Gasteiger partial charge < -0.3 is 9.64 Å². The van der Waals surface area contributed by atoms with Crippen molar-refractivity contribution in [3.63, 3.8) is 0 Å². The van der Waals surface area contributed by atoms with Gasteiger partial charge in [-0.05, 0) is 49.3 Å². The molecule has 1 aliphatic heterocycles. The van der Waals surface area contributed by atoms with Gasteiger partial charge in [0.05, 0.1) is 18.8 Å². The number of methoxy groups -OCH3 is 1. The van der Waals surface area contributed by atoms with Crippen molar-refractivity contribution in [3.8, 4) is 5.75 Å². The van der Waals surface area contributed by atoms with Crippen LogP contribution in [-0.2, 0) is 23.9 Å². The third-order valence-corrected chi connectivity index (χ3v) is 6.81. The Bertz CT molecular complexity index is 999. The van der Waals surface area contributed by atoms with Crippen LogP contribution >= 0.6 is 0 Å². The Kier molecular flexibility index (Phi) is 5.52. The molecule has 2 aromatic rings. The zero-order valence-corrected chi connectivity index (χ0v) is 18.3. The number of nitrogens with zero attached hydrogens (tertiary/aromatic N) is 3. The fourth-order valence-corrected chi connectivity index (χ4v) is 5.18. The summed E-state index contributed by atoms with van der Waals surface area (Å²) in [7, 11) is 1.60. The molecule has 0 saturated carbocycles. The summed E-state index contributed by atoms with van der Waals surface area (Å²) in [6.45, 7) is 6.01. The van der Waals surface area contributed by atoms with Gasteiger partial charge >= 0.3 is 6.18 Å². The molecular formula is C23H28F3N3O2. The third kappa shape index (κ3) is 3.70. The number of alkyl halides is 3. The molecule has 8 heteroatoms. The number of carbonyl (C=O) groups is 1. The molecule has 0 spiro atoms. The monoisotopic (exact) mass is 435 g/mol. The van der Waals surface area contributed by atoms with E-state index in [2.05, 4.69) is 12.0 Å². The summed E-state index contributed by atoms with van der Waals surface area (Å²) in [4.78, 5) is 15.0. The van der Waals surface area contributed by atoms with E-state index >= 15 is 0 Å². The minimum atomic E-state index is -4.54. The number of carbonyl (C=O) groups excluding carboxylic acids is 1. The van der Waals surface area contributed by atoms with Gasteiger partial charge in [-0.2, -0.15) is 18.3 Å². The van der Waals surface area contributed by atoms with Gasteiger partial charge in [-0.25, -0.2) is 0 Å². The molecule has 168 valence electrons. The molecule has 1 fully saturated rings. The summed E-state index contributed by atoms with van der Waals surface area (Å²) < 4.78 is 47.8. The van der Waals surface area contributed by atoms with E-state index in [1.165, 1.54) is 0 Å². The lowest BCUT2D eigenvalue weighted by molar-refractivity contribution is -0.146. The molecule has 4 rings (SSSR count). The molecule has 31 heavy (non-hydrogen) atoms. The summed E-state index contributed by atoms with van der Waals surface area (Å²) in [6, 6.07) is 5.52. The standard InChI is InChI=1S/C23H28F3N3O2/c1-13-8-9-17-20(13)27-29(22(17)23(24,25)26)12-19(30)28-11-10-14(2)21(28)16-6-5-7-18(31-4)15(16)3/h5-7,13-14,21H,8-12H2,1-4H3. The number of ether oxygens (including phenoxy) is 1. The number of rotatable bonds is 4. The molecule has 1 saturated heterocycles. The van der Waals surface area contributed by atoms with Crippen LogP contribution in [0.1, 0.15) is 66.7 Å². The average Bonchev–Trinajstić information content (AvgIpc) is 3.36. The van der Waals surface area contributed by atoms with Gasteiger partial charge in [0.25, 0.3) is 0 Å². The topological polar surface area (TPSA) is 47.4 Å². The van der Waals surface area contributed by atoms with Crippen molar-refractivity contribution in [2.45, 2.75) is 64.7 Å². The summed E-state index contributed by atoms with van der Waals surface area (Å²) in [5.41, 5.74) is 1.90. The normalized spacial score (nSPS) is 23.3. The van der Waals surface area contributed by atoms with Gasteiger partial charge in [-0.1, -0.05) is 26.0 Å². The summed E-state index contributed by atoms with van der Waals surface area (Å²) in [5.74, 6) is 0.572. The van der Waals surface area contributed by atoms with E-state index in [1.807, 2.05) is 32.0 Å². The van der Waals surface area contributed by atoms with Crippen molar-refractivity contribution >= 4 is 5.91 Å². The molecule has 1 aromatic carbocycles. The van der Waals surface area contributed by atoms with Crippen LogP contribution in [0.25, 0.3) is 0 Å². The van der Waals surface area contributed by atoms with E-state index in [1.54, 1.807) is 12.0 Å². The number of fused-ring (bicyclic) bond motifs is 1. The zero-order valence-electron chi connectivity index (χ0n) is 18.3. The van der Waals surface area contributed by atoms with Crippen LogP contribution in [0, 0.1) is 12.8 Å². The van der Waals surface area contributed by atoms with Crippen molar-refractivity contribution in [1.82, 2.24) is 14.7 Å². The van der Waals surface area contributed by atoms with E-state index in [0.29, 0.717) is 25.1 Å². The second kappa shape index (κ2) is 7.88. The highest BCUT2D eigenvalue weighted by molar-refractivity contribution is 5.77. The number of likely N-dealkylation sites (tertiary alicyclic amines) is 1. The molecule has 1 amide bonds. The van der Waals surface area contributed by atoms with Crippen molar-refractivity contribution in [2.24, 2.45) is 5.92 Å². The second-order valence-corrected chi connectivity index (χ2v) is 8.78. The Labute approximate surface area is 180 Å². The van der Waals surface area contributed by atoms with Crippen molar-refractivity contribution in [2.75, 3.05) is 13.7 Å². The first-order valence-corrected chi connectivity index (χ1v) is 10.7. The van der Waals surface area contributed by atoms with E-state index < -0.39 is 18.4 Å². The predicted molar refractivity (Wildman–Crippen MR) is 110 cm³/mol. The molecule has 2 aliphatic rings. The molecule has 1 aliphatic carbocycles. The van der Waals surface area contributed by atoms with Crippen molar-refractivity contribution in [3.05, 3.63) is 46.3 Å². The number of benzene rings is 1. The zero-order chi connectivity index (χ0) is 22.5. The van der Waals surface area contributed by atoms with E-state index in [9.17, 15) is 18.0 Å². The van der Waals surface area contributed by atoms with Gasteiger partial charge in [-0.15, -0.1) is 0 Å². The maximum absolute atomic E-state index is 13.8. The van der Waals surface area contributed by atoms with Crippen LogP contribution in [0.5, 0.6) is 5.75 Å². The van der Waals surface area contributed by atoms with Crippen molar-refractivity contribution in [1.29, 1.82) is 0 Å². The summed E-state index contributed by atoms with van der Waals surface area (Å²) >= 11 is 0. The lowest BCUT2D eigenvalue weighted by atomic mass is 9.92. The average molecular weight is 435 g/mol. The highest BCUT2D eigenvalue weighted by Gasteiger charge is 2.43. The summed E-state index contributed by atoms with van der Waals surface area (Å²) in [6.07, 6.45) is -2.72. The minimum Gasteiger partial charge on any atom is -0.496 e. The predicted octanol–water partition coefficient (Wildman–Crippen LogP) is 4.88. The Morgan fingerprint density at radius 2 is 2.00 bits per heavy atom. The molecule has 0 N–H and O–H groups in total. The van der Waals surface area contributed by atoms with Crippen molar-refractivity contribution < 1.29 is 22.7 Å². The molecule has 2 heterocycles. The fourth-order valence-electron chi connectivity index (χ4n) is 5.18. The molecule has 3 unspecified atom stereocenters. The highest BCUT2D eigenvalue weighted by Crippen LogP contribution is 2.43. The van der Waals surface area contributed by atoms with Crippen LogP contribution < -0.4 is 4.74 Å². The van der Waals surface area contributed by atoms with Gasteiger partial charge in [-0.3, -0.25) is 9.48 Å². The Hall–Kier alpha value is -2.51. The van der Waals surface area contributed by atoms with Crippen LogP contribution in [0.3, 0.4) is 0 Å². The van der Waals surface area contributed by atoms with Gasteiger partial charge in [0.2, 0.25) is 5.91 Å². The maximum Gasteiger partial charge on any atom is 0.433 e. The SMILES string of the molecule is COc1cccc(C2C(C)CCN2C(=O)Cn2nc3c(c2C(F)(F)F)CCC3C)c1C. The molecule has 1 aromatic heterocycles. The van der Waals surface area contributed by atoms with Crippen LogP contribution in [0.15, 0.2) is 18.2 Å². The Morgan fingerprint density at radius 1 is 1.26 bits per heavy atom. The number of halogens is 3. The number of aromatic nitrogens is 2. The first-order chi connectivity index (χ1) is 14.6. The number of amides is 1. The fraction of sp³-hybridized carbons (Fsp3) is 0.565. The van der Waals surface area contributed by atoms with Crippen LogP contribution in [0.2, 0.25) is 0 Å². The molecule has 0 bridgehead atoms. The van der Waals surface area contributed by atoms with Crippen LogP contribution in [-0.4, -0.2) is 34.2 Å². The first-order valence-electron chi connectivity index (χ1n) is 10.7. The van der Waals surface area contributed by atoms with Crippen LogP contribution in [0.4, 0.5) is 13.2 Å². The van der Waals surface area contributed by atoms with E-state index in [4.69, 9.17) is 4.74 Å². The first kappa shape index (κ1) is 21.7. The maximum atomic E-state index is 13.8. The quantitative estimate of drug-likeness (QED) is 0.688. The second-order valence-electron chi connectivity index (χ2n) is 8.78. The Morgan fingerprint density at radius 3 is 2.68 bits per heavy atom. The molecule has 5 nitrogen and oxygen atoms in total.